The number of β-lactam (4-membered cyclic amide) rings is 1. The third-order valence-corrected chi connectivity index (χ3v) is 6.87. The molecule has 2 amide bonds. The van der Waals surface area contributed by atoms with Crippen LogP contribution in [0, 0.1) is 5.41 Å². The second kappa shape index (κ2) is 13.0. The number of oxime groups is 1. The fraction of sp³-hybridized carbons (Fsp3) is 0.333. The van der Waals surface area contributed by atoms with Crippen molar-refractivity contribution in [2.75, 3.05) is 32.1 Å². The standard InChI is InChI=1S/C21H25N7O9S2/c1-12-16(20(31)28(12)39(32,33)34)26-19(30)17(15-10-38-21(23)25-15)27-37-9-8-36-14-4-2-13(3-5-14)18(22)24-6-7-35-11-29/h2-5,10-12,16H,6-9H2,1H3,(H2,22,24)(H2,23,25)(H,26,30)(H,32,33,34)/t12-,16-/m0/s1. The lowest BCUT2D eigenvalue weighted by atomic mass is 10.0. The highest BCUT2D eigenvalue weighted by atomic mass is 32.2. The zero-order valence-corrected chi connectivity index (χ0v) is 22.0. The van der Waals surface area contributed by atoms with Crippen molar-refractivity contribution in [2.24, 2.45) is 5.16 Å². The topological polar surface area (TPSA) is 236 Å². The van der Waals surface area contributed by atoms with E-state index >= 15 is 0 Å². The van der Waals surface area contributed by atoms with Gasteiger partial charge in [0.15, 0.2) is 17.5 Å². The first kappa shape index (κ1) is 29.3. The highest BCUT2D eigenvalue weighted by molar-refractivity contribution is 7.84. The number of carbonyl (C=O) groups is 3. The van der Waals surface area contributed by atoms with Gasteiger partial charge in [-0.25, -0.2) is 9.29 Å². The molecule has 2 atom stereocenters. The number of amidine groups is 1. The van der Waals surface area contributed by atoms with Crippen LogP contribution in [0.1, 0.15) is 18.2 Å². The van der Waals surface area contributed by atoms with Crippen LogP contribution in [0.15, 0.2) is 34.8 Å². The van der Waals surface area contributed by atoms with E-state index in [-0.39, 0.29) is 46.5 Å². The lowest BCUT2D eigenvalue weighted by molar-refractivity contribution is -0.143. The van der Waals surface area contributed by atoms with Crippen molar-refractivity contribution in [3.8, 4) is 5.75 Å². The van der Waals surface area contributed by atoms with E-state index in [0.29, 0.717) is 24.3 Å². The summed E-state index contributed by atoms with van der Waals surface area (Å²) in [7, 11) is -4.75. The molecule has 0 radical (unpaired) electrons. The molecule has 210 valence electrons. The number of nitrogens with zero attached hydrogens (tertiary/aromatic N) is 3. The van der Waals surface area contributed by atoms with E-state index < -0.39 is 34.2 Å². The number of hydrogen-bond donors (Lipinski definition) is 5. The molecule has 0 spiro atoms. The average Bonchev–Trinajstić information content (AvgIpc) is 3.32. The largest absolute Gasteiger partial charge is 0.490 e. The molecule has 0 aliphatic carbocycles. The molecule has 2 heterocycles. The van der Waals surface area contributed by atoms with E-state index in [1.807, 2.05) is 0 Å². The second-order valence-corrected chi connectivity index (χ2v) is 9.97. The van der Waals surface area contributed by atoms with Gasteiger partial charge in [0.1, 0.15) is 36.5 Å². The molecule has 2 aromatic rings. The number of benzene rings is 1. The third kappa shape index (κ3) is 7.62. The van der Waals surface area contributed by atoms with Crippen LogP contribution in [0.5, 0.6) is 5.75 Å². The predicted octanol–water partition coefficient (Wildman–Crippen LogP) is -0.869. The van der Waals surface area contributed by atoms with E-state index in [9.17, 15) is 22.8 Å². The Morgan fingerprint density at radius 1 is 1.31 bits per heavy atom. The van der Waals surface area contributed by atoms with Gasteiger partial charge in [0, 0.05) is 10.9 Å². The highest BCUT2D eigenvalue weighted by Crippen LogP contribution is 2.23. The molecule has 16 nitrogen and oxygen atoms in total. The van der Waals surface area contributed by atoms with Crippen LogP contribution in [0.25, 0.3) is 0 Å². The summed E-state index contributed by atoms with van der Waals surface area (Å²) < 4.78 is 42.0. The summed E-state index contributed by atoms with van der Waals surface area (Å²) in [5, 5.41) is 18.5. The minimum atomic E-state index is -4.75. The summed E-state index contributed by atoms with van der Waals surface area (Å²) in [6.07, 6.45) is 0. The number of nitrogens with two attached hydrogens (primary N) is 1. The van der Waals surface area contributed by atoms with E-state index in [0.717, 1.165) is 11.3 Å². The lowest BCUT2D eigenvalue weighted by Crippen LogP contribution is -2.71. The molecule has 39 heavy (non-hydrogen) atoms. The highest BCUT2D eigenvalue weighted by Gasteiger charge is 2.51. The Hall–Kier alpha value is -4.29. The molecule has 0 saturated carbocycles. The number of hydrogen-bond acceptors (Lipinski definition) is 13. The smallest absolute Gasteiger partial charge is 0.362 e. The minimum absolute atomic E-state index is 0.0388. The summed E-state index contributed by atoms with van der Waals surface area (Å²) in [4.78, 5) is 44.2. The quantitative estimate of drug-likeness (QED) is 0.0347. The van der Waals surface area contributed by atoms with Crippen LogP contribution in [0.2, 0.25) is 0 Å². The number of aromatic nitrogens is 1. The van der Waals surface area contributed by atoms with Crippen molar-refractivity contribution < 1.29 is 41.7 Å². The SMILES string of the molecule is C[C@H]1[C@H](NC(=O)C(=NOCCOc2ccc(C(=N)NCCOC=O)cc2)c2csc(N)n2)C(=O)N1S(=O)(=O)O. The van der Waals surface area contributed by atoms with Gasteiger partial charge in [-0.05, 0) is 31.2 Å². The van der Waals surface area contributed by atoms with E-state index in [1.54, 1.807) is 24.3 Å². The number of nitrogen functional groups attached to an aromatic ring is 1. The first-order chi connectivity index (χ1) is 18.5. The number of amides is 2. The molecule has 1 saturated heterocycles. The van der Waals surface area contributed by atoms with Crippen LogP contribution >= 0.6 is 11.3 Å². The van der Waals surface area contributed by atoms with E-state index in [2.05, 4.69) is 25.5 Å². The monoisotopic (exact) mass is 583 g/mol. The number of carbonyl (C=O) groups excluding carboxylic acids is 3. The van der Waals surface area contributed by atoms with Crippen molar-refractivity contribution in [1.82, 2.24) is 19.9 Å². The number of thiazole rings is 1. The summed E-state index contributed by atoms with van der Waals surface area (Å²) in [6.45, 7) is 2.05. The van der Waals surface area contributed by atoms with E-state index in [4.69, 9.17) is 25.3 Å². The molecule has 18 heteroatoms. The Bertz CT molecular complexity index is 1350. The Morgan fingerprint density at radius 2 is 2.03 bits per heavy atom. The van der Waals surface area contributed by atoms with Crippen LogP contribution in [0.3, 0.4) is 0 Å². The molecule has 1 aliphatic rings. The van der Waals surface area contributed by atoms with Crippen molar-refractivity contribution in [3.63, 3.8) is 0 Å². The predicted molar refractivity (Wildman–Crippen MR) is 138 cm³/mol. The summed E-state index contributed by atoms with van der Waals surface area (Å²) in [5.41, 5.74) is 6.00. The molecule has 0 unspecified atom stereocenters. The van der Waals surface area contributed by atoms with Crippen LogP contribution in [0.4, 0.5) is 5.13 Å². The van der Waals surface area contributed by atoms with Gasteiger partial charge >= 0.3 is 10.3 Å². The van der Waals surface area contributed by atoms with Crippen molar-refractivity contribution in [2.45, 2.75) is 19.0 Å². The second-order valence-electron chi connectivity index (χ2n) is 7.79. The van der Waals surface area contributed by atoms with Gasteiger partial charge in [-0.3, -0.25) is 24.3 Å². The number of rotatable bonds is 14. The number of nitrogens with one attached hydrogen (secondary N) is 3. The molecule has 1 aromatic heterocycles. The maximum atomic E-state index is 12.8. The third-order valence-electron chi connectivity index (χ3n) is 5.18. The molecule has 1 aromatic carbocycles. The van der Waals surface area contributed by atoms with Crippen LogP contribution in [-0.4, -0.2) is 90.5 Å². The van der Waals surface area contributed by atoms with Gasteiger partial charge < -0.3 is 30.7 Å². The summed E-state index contributed by atoms with van der Waals surface area (Å²) >= 11 is 1.04. The first-order valence-corrected chi connectivity index (χ1v) is 13.4. The molecule has 0 bridgehead atoms. The number of anilines is 1. The zero-order chi connectivity index (χ0) is 28.6. The van der Waals surface area contributed by atoms with Crippen molar-refractivity contribution in [1.29, 1.82) is 5.41 Å². The summed E-state index contributed by atoms with van der Waals surface area (Å²) in [6, 6.07) is 4.36. The fourth-order valence-corrected chi connectivity index (χ4v) is 4.75. The maximum Gasteiger partial charge on any atom is 0.362 e. The number of ether oxygens (including phenoxy) is 2. The molecule has 1 aliphatic heterocycles. The zero-order valence-electron chi connectivity index (χ0n) is 20.4. The van der Waals surface area contributed by atoms with Gasteiger partial charge in [-0.1, -0.05) is 5.16 Å². The Morgan fingerprint density at radius 3 is 2.62 bits per heavy atom. The van der Waals surface area contributed by atoms with Crippen LogP contribution < -0.4 is 21.1 Å². The van der Waals surface area contributed by atoms with Crippen molar-refractivity contribution >= 4 is 56.6 Å². The molecule has 6 N–H and O–H groups in total. The molecular formula is C21H25N7O9S2. The molecule has 1 fully saturated rings. The normalized spacial score (nSPS) is 17.1. The summed E-state index contributed by atoms with van der Waals surface area (Å²) in [5.74, 6) is -1.25. The van der Waals surface area contributed by atoms with Crippen LogP contribution in [-0.2, 0) is 34.3 Å². The Labute approximate surface area is 226 Å². The fourth-order valence-electron chi connectivity index (χ4n) is 3.32. The molecule has 3 rings (SSSR count). The van der Waals surface area contributed by atoms with Gasteiger partial charge in [0.05, 0.1) is 12.6 Å². The molecular weight excluding hydrogens is 558 g/mol. The Balaban J connectivity index is 1.53. The maximum absolute atomic E-state index is 12.8. The van der Waals surface area contributed by atoms with Gasteiger partial charge in [-0.15, -0.1) is 11.3 Å². The first-order valence-electron chi connectivity index (χ1n) is 11.2. The average molecular weight is 584 g/mol. The van der Waals surface area contributed by atoms with Gasteiger partial charge in [-0.2, -0.15) is 8.42 Å². The van der Waals surface area contributed by atoms with E-state index in [1.165, 1.54) is 12.3 Å². The van der Waals surface area contributed by atoms with Gasteiger partial charge in [0.2, 0.25) is 0 Å². The lowest BCUT2D eigenvalue weighted by Gasteiger charge is -2.42. The minimum Gasteiger partial charge on any atom is -0.490 e. The van der Waals surface area contributed by atoms with Crippen molar-refractivity contribution in [3.05, 3.63) is 40.9 Å². The van der Waals surface area contributed by atoms with Gasteiger partial charge in [0.25, 0.3) is 18.3 Å². The Kier molecular flexibility index (Phi) is 9.74.